The number of methoxy groups -OCH3 is 5. The summed E-state index contributed by atoms with van der Waals surface area (Å²) in [6.45, 7) is 6.69. The predicted molar refractivity (Wildman–Crippen MR) is 193 cm³/mol. The highest BCUT2D eigenvalue weighted by Gasteiger charge is 2.32. The third kappa shape index (κ3) is 7.26. The lowest BCUT2D eigenvalue weighted by molar-refractivity contribution is 0.368. The lowest BCUT2D eigenvalue weighted by Crippen LogP contribution is -2.25. The summed E-state index contributed by atoms with van der Waals surface area (Å²) in [6, 6.07) is 27.4. The molecule has 0 aromatic heterocycles. The van der Waals surface area contributed by atoms with Crippen LogP contribution < -0.4 is 39.6 Å². The van der Waals surface area contributed by atoms with E-state index >= 15 is 0 Å². The quantitative estimate of drug-likeness (QED) is 0.122. The molecule has 0 aliphatic heterocycles. The van der Waals surface area contributed by atoms with Crippen molar-refractivity contribution in [3.63, 3.8) is 0 Å². The Balaban J connectivity index is 1.74. The van der Waals surface area contributed by atoms with Crippen LogP contribution in [0.4, 0.5) is 0 Å². The van der Waals surface area contributed by atoms with Crippen molar-refractivity contribution in [2.24, 2.45) is 0 Å². The molecule has 45 heavy (non-hydrogen) atoms. The molecule has 0 saturated heterocycles. The molecule has 4 aromatic rings. The predicted octanol–water partition coefficient (Wildman–Crippen LogP) is 8.11. The second-order valence-electron chi connectivity index (χ2n) is 11.3. The first-order valence-corrected chi connectivity index (χ1v) is 17.5. The zero-order valence-electron chi connectivity index (χ0n) is 28.0. The smallest absolute Gasteiger partial charge is 0.130 e. The van der Waals surface area contributed by atoms with Crippen LogP contribution in [0, 0.1) is 0 Å². The average molecular weight is 647 g/mol. The molecule has 5 nitrogen and oxygen atoms in total. The Hall–Kier alpha value is -3.26. The van der Waals surface area contributed by atoms with E-state index in [1.165, 1.54) is 11.1 Å². The van der Waals surface area contributed by atoms with Crippen LogP contribution in [0.2, 0.25) is 0 Å². The lowest BCUT2D eigenvalue weighted by Gasteiger charge is -2.31. The first kappa shape index (κ1) is 34.6. The van der Waals surface area contributed by atoms with E-state index in [0.29, 0.717) is 0 Å². The molecule has 0 aliphatic rings. The van der Waals surface area contributed by atoms with E-state index in [4.69, 9.17) is 23.7 Å². The molecule has 0 N–H and O–H groups in total. The van der Waals surface area contributed by atoms with Crippen molar-refractivity contribution < 1.29 is 23.7 Å². The topological polar surface area (TPSA) is 46.2 Å². The summed E-state index contributed by atoms with van der Waals surface area (Å²) in [5, 5.41) is 3.27. The van der Waals surface area contributed by atoms with Crippen molar-refractivity contribution in [1.82, 2.24) is 0 Å². The van der Waals surface area contributed by atoms with Gasteiger partial charge in [0.1, 0.15) is 28.7 Å². The van der Waals surface area contributed by atoms with Crippen LogP contribution in [0.15, 0.2) is 78.9 Å². The van der Waals surface area contributed by atoms with Gasteiger partial charge in [0.25, 0.3) is 0 Å². The normalized spacial score (nSPS) is 12.1. The van der Waals surface area contributed by atoms with Crippen LogP contribution in [0.1, 0.15) is 62.6 Å². The Labute approximate surface area is 273 Å². The van der Waals surface area contributed by atoms with Gasteiger partial charge in [0.2, 0.25) is 0 Å². The number of aryl methyl sites for hydroxylation is 1. The van der Waals surface area contributed by atoms with E-state index in [1.54, 1.807) is 35.5 Å². The van der Waals surface area contributed by atoms with Gasteiger partial charge in [-0.2, -0.15) is 0 Å². The number of benzene rings is 4. The van der Waals surface area contributed by atoms with Gasteiger partial charge in [0.15, 0.2) is 0 Å². The minimum Gasteiger partial charge on any atom is -0.496 e. The molecule has 4 rings (SSSR count). The third-order valence-corrected chi connectivity index (χ3v) is 12.5. The molecule has 0 saturated carbocycles. The molecule has 240 valence electrons. The van der Waals surface area contributed by atoms with E-state index in [-0.39, 0.29) is 11.1 Å². The van der Waals surface area contributed by atoms with Gasteiger partial charge in [0, 0.05) is 26.6 Å². The van der Waals surface area contributed by atoms with Crippen molar-refractivity contribution in [1.29, 1.82) is 0 Å². The summed E-state index contributed by atoms with van der Waals surface area (Å²) < 4.78 is 29.9. The lowest BCUT2D eigenvalue weighted by atomic mass is 9.87. The Kier molecular flexibility index (Phi) is 12.2. The fraction of sp³-hybridized carbons (Fsp3) is 0.368. The molecule has 7 heteroatoms. The number of rotatable bonds is 15. The summed E-state index contributed by atoms with van der Waals surface area (Å²) in [5.74, 6) is 4.65. The molecule has 0 radical (unpaired) electrons. The van der Waals surface area contributed by atoms with E-state index in [2.05, 4.69) is 84.6 Å². The first-order valence-electron chi connectivity index (χ1n) is 15.6. The Morgan fingerprint density at radius 3 is 1.60 bits per heavy atom. The minimum absolute atomic E-state index is 0.104. The molecule has 0 heterocycles. The number of ether oxygens (including phenoxy) is 5. The van der Waals surface area contributed by atoms with Gasteiger partial charge in [-0.3, -0.25) is 0 Å². The number of hydrogen-bond donors (Lipinski definition) is 0. The minimum atomic E-state index is -1.05. The molecule has 2 atom stereocenters. The molecule has 0 bridgehead atoms. The molecule has 0 amide bonds. The zero-order chi connectivity index (χ0) is 32.6. The number of para-hydroxylation sites is 3. The van der Waals surface area contributed by atoms with Crippen LogP contribution in [-0.2, 0) is 11.6 Å². The zero-order valence-corrected chi connectivity index (χ0v) is 30.0. The fourth-order valence-electron chi connectivity index (χ4n) is 6.05. The molecule has 0 fully saturated rings. The van der Waals surface area contributed by atoms with Gasteiger partial charge in [-0.25, -0.2) is 0 Å². The van der Waals surface area contributed by atoms with Crippen LogP contribution in [0.25, 0.3) is 0 Å². The monoisotopic (exact) mass is 646 g/mol. The van der Waals surface area contributed by atoms with Gasteiger partial charge in [0.05, 0.1) is 35.5 Å². The molecular formula is C38H48O5P2. The highest BCUT2D eigenvalue weighted by Crippen LogP contribution is 2.49. The standard InChI is InChI=1S/C38H48O5P2/c1-9-38(44,10-2)36-31(41-6)24-28(25-32(36)42-7)26(3)22-23-27-16-15-21-35(37(27)43-8)45(33-19-13-11-17-29(33)39-4)34-20-14-12-18-30(34)40-5/h11-21,24-26H,9-10,22-23,44H2,1-8H3. The van der Waals surface area contributed by atoms with Gasteiger partial charge < -0.3 is 23.7 Å². The maximum atomic E-state index is 6.23. The van der Waals surface area contributed by atoms with Crippen LogP contribution in [0.5, 0.6) is 28.7 Å². The Bertz CT molecular complexity index is 1490. The first-order chi connectivity index (χ1) is 21.8. The highest BCUT2D eigenvalue weighted by molar-refractivity contribution is 7.80. The fourth-order valence-corrected chi connectivity index (χ4v) is 9.03. The Morgan fingerprint density at radius 2 is 1.13 bits per heavy atom. The van der Waals surface area contributed by atoms with Gasteiger partial charge in [-0.15, -0.1) is 9.24 Å². The second-order valence-corrected chi connectivity index (χ2v) is 14.5. The summed E-state index contributed by atoms with van der Waals surface area (Å²) in [6.07, 6.45) is 3.72. The van der Waals surface area contributed by atoms with Gasteiger partial charge in [-0.1, -0.05) is 75.4 Å². The van der Waals surface area contributed by atoms with E-state index < -0.39 is 7.92 Å². The number of hydrogen-bond acceptors (Lipinski definition) is 5. The Morgan fingerprint density at radius 1 is 0.644 bits per heavy atom. The molecule has 2 unspecified atom stereocenters. The van der Waals surface area contributed by atoms with Crippen molar-refractivity contribution in [3.8, 4) is 28.7 Å². The average Bonchev–Trinajstić information content (AvgIpc) is 3.10. The van der Waals surface area contributed by atoms with Crippen molar-refractivity contribution >= 4 is 33.1 Å². The van der Waals surface area contributed by atoms with Gasteiger partial charge >= 0.3 is 0 Å². The molecule has 0 aliphatic carbocycles. The summed E-state index contributed by atoms with van der Waals surface area (Å²) >= 11 is 0. The highest BCUT2D eigenvalue weighted by atomic mass is 31.1. The van der Waals surface area contributed by atoms with Crippen LogP contribution in [0.3, 0.4) is 0 Å². The summed E-state index contributed by atoms with van der Waals surface area (Å²) in [4.78, 5) is 0. The van der Waals surface area contributed by atoms with Crippen molar-refractivity contribution in [3.05, 3.63) is 95.6 Å². The SMILES string of the molecule is CCC(P)(CC)c1c(OC)cc(C(C)CCc2cccc(P(c3ccccc3OC)c3ccccc3OC)c2OC)cc1OC. The summed E-state index contributed by atoms with van der Waals surface area (Å²) in [5.41, 5.74) is 3.50. The van der Waals surface area contributed by atoms with Crippen molar-refractivity contribution in [2.75, 3.05) is 35.5 Å². The van der Waals surface area contributed by atoms with Crippen LogP contribution in [-0.4, -0.2) is 35.5 Å². The maximum absolute atomic E-state index is 6.23. The van der Waals surface area contributed by atoms with Crippen molar-refractivity contribution in [2.45, 2.75) is 57.5 Å². The van der Waals surface area contributed by atoms with Crippen LogP contribution >= 0.6 is 17.2 Å². The molecule has 4 aromatic carbocycles. The molecular weight excluding hydrogens is 598 g/mol. The largest absolute Gasteiger partial charge is 0.496 e. The van der Waals surface area contributed by atoms with E-state index in [9.17, 15) is 0 Å². The summed E-state index contributed by atoms with van der Waals surface area (Å²) in [7, 11) is 10.7. The second kappa shape index (κ2) is 15.8. The van der Waals surface area contributed by atoms with E-state index in [1.807, 2.05) is 24.3 Å². The molecule has 0 spiro atoms. The third-order valence-electron chi connectivity index (χ3n) is 8.88. The van der Waals surface area contributed by atoms with E-state index in [0.717, 1.165) is 75.9 Å². The van der Waals surface area contributed by atoms with Gasteiger partial charge in [-0.05, 0) is 74.9 Å². The maximum Gasteiger partial charge on any atom is 0.130 e.